The maximum absolute atomic E-state index is 12.4. The summed E-state index contributed by atoms with van der Waals surface area (Å²) >= 11 is 2.65. The predicted octanol–water partition coefficient (Wildman–Crippen LogP) is 3.80. The van der Waals surface area contributed by atoms with Crippen LogP contribution in [0.4, 0.5) is 5.00 Å². The van der Waals surface area contributed by atoms with E-state index in [1.807, 2.05) is 28.8 Å². The molecule has 31 heavy (non-hydrogen) atoms. The van der Waals surface area contributed by atoms with Crippen molar-refractivity contribution in [3.8, 4) is 23.2 Å². The number of ether oxygens (including phenoxy) is 2. The number of carbonyl (C=O) groups is 1. The summed E-state index contributed by atoms with van der Waals surface area (Å²) in [5.41, 5.74) is 1.38. The van der Waals surface area contributed by atoms with Gasteiger partial charge in [0.1, 0.15) is 16.8 Å². The Morgan fingerprint density at radius 1 is 1.39 bits per heavy atom. The molecule has 0 bridgehead atoms. The van der Waals surface area contributed by atoms with Gasteiger partial charge >= 0.3 is 0 Å². The van der Waals surface area contributed by atoms with Gasteiger partial charge in [-0.1, -0.05) is 11.8 Å². The van der Waals surface area contributed by atoms with E-state index in [-0.39, 0.29) is 17.8 Å². The summed E-state index contributed by atoms with van der Waals surface area (Å²) in [5, 5.41) is 23.6. The van der Waals surface area contributed by atoms with Crippen molar-refractivity contribution < 1.29 is 14.3 Å². The highest BCUT2D eigenvalue weighted by molar-refractivity contribution is 7.99. The van der Waals surface area contributed by atoms with Crippen molar-refractivity contribution in [3.05, 3.63) is 41.3 Å². The topological polar surface area (TPSA) is 102 Å². The summed E-state index contributed by atoms with van der Waals surface area (Å²) in [7, 11) is 1.63. The van der Waals surface area contributed by atoms with E-state index in [1.54, 1.807) is 18.6 Å². The Morgan fingerprint density at radius 3 is 2.94 bits per heavy atom. The molecule has 8 nitrogen and oxygen atoms in total. The number of nitrogens with one attached hydrogen (secondary N) is 1. The zero-order chi connectivity index (χ0) is 21.6. The van der Waals surface area contributed by atoms with Gasteiger partial charge in [-0.2, -0.15) is 5.26 Å². The molecule has 10 heteroatoms. The third kappa shape index (κ3) is 5.07. The number of rotatable bonds is 8. The number of amides is 1. The number of hydrogen-bond donors (Lipinski definition) is 1. The fraction of sp³-hybridized carbons (Fsp3) is 0.333. The van der Waals surface area contributed by atoms with Crippen LogP contribution in [0.5, 0.6) is 5.75 Å². The van der Waals surface area contributed by atoms with Crippen LogP contribution in [0.3, 0.4) is 0 Å². The minimum Gasteiger partial charge on any atom is -0.497 e. The maximum atomic E-state index is 12.4. The Balaban J connectivity index is 1.51. The minimum absolute atomic E-state index is 0.102. The summed E-state index contributed by atoms with van der Waals surface area (Å²) in [4.78, 5) is 12.4. The van der Waals surface area contributed by atoms with Gasteiger partial charge in [-0.3, -0.25) is 9.36 Å². The molecule has 0 spiro atoms. The molecule has 1 aliphatic heterocycles. The number of thioether (sulfide) groups is 1. The van der Waals surface area contributed by atoms with Crippen molar-refractivity contribution in [1.29, 1.82) is 5.26 Å². The molecule has 1 atom stereocenters. The van der Waals surface area contributed by atoms with E-state index < -0.39 is 0 Å². The Hall–Kier alpha value is -2.87. The van der Waals surface area contributed by atoms with Crippen LogP contribution in [0, 0.1) is 11.3 Å². The lowest BCUT2D eigenvalue weighted by Crippen LogP contribution is -2.18. The molecule has 4 rings (SSSR count). The molecular weight excluding hydrogens is 434 g/mol. The molecule has 1 N–H and O–H groups in total. The molecule has 0 aliphatic carbocycles. The number of nitriles is 1. The quantitative estimate of drug-likeness (QED) is 0.516. The molecule has 2 aromatic heterocycles. The number of anilines is 1. The number of hydrogen-bond acceptors (Lipinski definition) is 8. The number of benzene rings is 1. The van der Waals surface area contributed by atoms with Crippen molar-refractivity contribution in [2.75, 3.05) is 24.8 Å². The largest absolute Gasteiger partial charge is 0.497 e. The Bertz CT molecular complexity index is 1080. The number of carbonyl (C=O) groups excluding carboxylic acids is 1. The molecule has 1 aromatic carbocycles. The van der Waals surface area contributed by atoms with E-state index in [1.165, 1.54) is 23.1 Å². The molecular formula is C21H21N5O3S2. The molecule has 1 aliphatic rings. The highest BCUT2D eigenvalue weighted by Gasteiger charge is 2.22. The second-order valence-corrected chi connectivity index (χ2v) is 8.75. The van der Waals surface area contributed by atoms with Crippen LogP contribution in [0.1, 0.15) is 18.4 Å². The molecule has 160 valence electrons. The molecule has 0 saturated carbocycles. The lowest BCUT2D eigenvalue weighted by atomic mass is 10.2. The Morgan fingerprint density at radius 2 is 2.23 bits per heavy atom. The van der Waals surface area contributed by atoms with Crippen LogP contribution in [0.15, 0.2) is 40.9 Å². The van der Waals surface area contributed by atoms with E-state index in [0.29, 0.717) is 22.3 Å². The van der Waals surface area contributed by atoms with E-state index in [2.05, 4.69) is 21.6 Å². The van der Waals surface area contributed by atoms with Gasteiger partial charge < -0.3 is 14.8 Å². The summed E-state index contributed by atoms with van der Waals surface area (Å²) in [5.74, 6) is 1.47. The van der Waals surface area contributed by atoms with Crippen molar-refractivity contribution >= 4 is 34.0 Å². The van der Waals surface area contributed by atoms with Gasteiger partial charge in [0.2, 0.25) is 5.91 Å². The molecule has 3 aromatic rings. The van der Waals surface area contributed by atoms with E-state index in [0.717, 1.165) is 36.6 Å². The fourth-order valence-electron chi connectivity index (χ4n) is 3.29. The van der Waals surface area contributed by atoms with Crippen LogP contribution in [-0.2, 0) is 16.1 Å². The van der Waals surface area contributed by atoms with E-state index in [9.17, 15) is 4.79 Å². The van der Waals surface area contributed by atoms with Gasteiger partial charge in [0.25, 0.3) is 0 Å². The average Bonchev–Trinajstić information content (AvgIpc) is 3.54. The summed E-state index contributed by atoms with van der Waals surface area (Å²) in [6.07, 6.45) is 2.13. The molecule has 1 fully saturated rings. The summed E-state index contributed by atoms with van der Waals surface area (Å²) in [6.45, 7) is 1.39. The van der Waals surface area contributed by atoms with Crippen LogP contribution in [0.25, 0.3) is 11.4 Å². The lowest BCUT2D eigenvalue weighted by molar-refractivity contribution is -0.113. The van der Waals surface area contributed by atoms with Crippen LogP contribution < -0.4 is 10.1 Å². The average molecular weight is 456 g/mol. The van der Waals surface area contributed by atoms with Crippen LogP contribution in [-0.4, -0.2) is 46.2 Å². The highest BCUT2D eigenvalue weighted by Crippen LogP contribution is 2.28. The first-order valence-corrected chi connectivity index (χ1v) is 11.6. The molecule has 0 unspecified atom stereocenters. The normalized spacial score (nSPS) is 15.5. The van der Waals surface area contributed by atoms with E-state index in [4.69, 9.17) is 14.7 Å². The summed E-state index contributed by atoms with van der Waals surface area (Å²) < 4.78 is 13.1. The SMILES string of the molecule is COc1ccc(-c2nnc(SCC(=O)Nc3sccc3C#N)n2C[C@H]2CCCO2)cc1. The van der Waals surface area contributed by atoms with Crippen LogP contribution in [0.2, 0.25) is 0 Å². The second kappa shape index (κ2) is 9.96. The molecule has 1 saturated heterocycles. The Labute approximate surface area is 188 Å². The zero-order valence-electron chi connectivity index (χ0n) is 16.9. The van der Waals surface area contributed by atoms with Gasteiger partial charge in [-0.05, 0) is 48.6 Å². The van der Waals surface area contributed by atoms with Crippen LogP contribution >= 0.6 is 23.1 Å². The third-order valence-electron chi connectivity index (χ3n) is 4.85. The number of aromatic nitrogens is 3. The highest BCUT2D eigenvalue weighted by atomic mass is 32.2. The maximum Gasteiger partial charge on any atom is 0.235 e. The summed E-state index contributed by atoms with van der Waals surface area (Å²) in [6, 6.07) is 11.4. The molecule has 3 heterocycles. The van der Waals surface area contributed by atoms with Crippen molar-refractivity contribution in [1.82, 2.24) is 14.8 Å². The number of methoxy groups -OCH3 is 1. The second-order valence-electron chi connectivity index (χ2n) is 6.89. The van der Waals surface area contributed by atoms with Crippen molar-refractivity contribution in [2.24, 2.45) is 0 Å². The molecule has 1 amide bonds. The predicted molar refractivity (Wildman–Crippen MR) is 119 cm³/mol. The van der Waals surface area contributed by atoms with Gasteiger partial charge in [-0.15, -0.1) is 21.5 Å². The Kier molecular flexibility index (Phi) is 6.86. The zero-order valence-corrected chi connectivity index (χ0v) is 18.5. The minimum atomic E-state index is -0.193. The lowest BCUT2D eigenvalue weighted by Gasteiger charge is -2.15. The number of thiophene rings is 1. The first-order chi connectivity index (χ1) is 15.2. The van der Waals surface area contributed by atoms with Crippen molar-refractivity contribution in [3.63, 3.8) is 0 Å². The first-order valence-electron chi connectivity index (χ1n) is 9.77. The molecule has 0 radical (unpaired) electrons. The smallest absolute Gasteiger partial charge is 0.235 e. The number of nitrogens with zero attached hydrogens (tertiary/aromatic N) is 4. The van der Waals surface area contributed by atoms with Gasteiger partial charge in [-0.25, -0.2) is 0 Å². The van der Waals surface area contributed by atoms with Gasteiger partial charge in [0, 0.05) is 12.2 Å². The van der Waals surface area contributed by atoms with Gasteiger partial charge in [0.05, 0.1) is 31.1 Å². The van der Waals surface area contributed by atoms with E-state index >= 15 is 0 Å². The van der Waals surface area contributed by atoms with Gasteiger partial charge in [0.15, 0.2) is 11.0 Å². The monoisotopic (exact) mass is 455 g/mol. The standard InChI is InChI=1S/C21H21N5O3S2/c1-28-16-6-4-14(5-7-16)19-24-25-21(26(19)12-17-3-2-9-29-17)31-13-18(27)23-20-15(11-22)8-10-30-20/h4-8,10,17H,2-3,9,12-13H2,1H3,(H,23,27)/t17-/m1/s1. The fourth-order valence-corrected chi connectivity index (χ4v) is 4.79. The first kappa shape index (κ1) is 21.4. The third-order valence-corrected chi connectivity index (χ3v) is 6.64. The van der Waals surface area contributed by atoms with Crippen molar-refractivity contribution in [2.45, 2.75) is 30.6 Å².